The number of carbonyl (C=O) groups excluding carboxylic acids is 1. The van der Waals surface area contributed by atoms with Gasteiger partial charge in [0.1, 0.15) is 0 Å². The number of likely N-dealkylation sites (tertiary alicyclic amines) is 1. The fourth-order valence-electron chi connectivity index (χ4n) is 2.76. The molecule has 1 aliphatic heterocycles. The summed E-state index contributed by atoms with van der Waals surface area (Å²) < 4.78 is 10.9. The Bertz CT molecular complexity index is 402. The van der Waals surface area contributed by atoms with Crippen LogP contribution < -0.4 is 10.6 Å². The van der Waals surface area contributed by atoms with Crippen LogP contribution in [0.4, 0.5) is 0 Å². The van der Waals surface area contributed by atoms with E-state index in [1.807, 2.05) is 6.92 Å². The Morgan fingerprint density at radius 2 is 2.00 bits per heavy atom. The maximum atomic E-state index is 11.8. The predicted octanol–water partition coefficient (Wildman–Crippen LogP) is 2.00. The Morgan fingerprint density at radius 1 is 1.31 bits per heavy atom. The van der Waals surface area contributed by atoms with Gasteiger partial charge in [0.15, 0.2) is 5.96 Å². The van der Waals surface area contributed by atoms with Crippen LogP contribution in [0.2, 0.25) is 0 Å². The number of rotatable bonds is 10. The molecule has 2 N–H and O–H groups in total. The lowest BCUT2D eigenvalue weighted by Crippen LogP contribution is -2.47. The number of piperidine rings is 1. The van der Waals surface area contributed by atoms with E-state index in [1.165, 1.54) is 0 Å². The van der Waals surface area contributed by atoms with Crippen LogP contribution in [0.15, 0.2) is 4.99 Å². The molecule has 154 valence electrons. The Balaban J connectivity index is 0.00000625. The number of hydrogen-bond donors (Lipinski definition) is 2. The van der Waals surface area contributed by atoms with E-state index < -0.39 is 0 Å². The minimum Gasteiger partial charge on any atom is -0.385 e. The van der Waals surface area contributed by atoms with E-state index in [4.69, 9.17) is 9.47 Å². The van der Waals surface area contributed by atoms with E-state index in [-0.39, 0.29) is 35.9 Å². The molecule has 8 heteroatoms. The van der Waals surface area contributed by atoms with Crippen LogP contribution >= 0.6 is 24.0 Å². The molecule has 1 saturated heterocycles. The molecule has 1 rings (SSSR count). The lowest BCUT2D eigenvalue weighted by atomic mass is 10.1. The first-order valence-electron chi connectivity index (χ1n) is 9.46. The summed E-state index contributed by atoms with van der Waals surface area (Å²) >= 11 is 0. The second-order valence-corrected chi connectivity index (χ2v) is 6.50. The summed E-state index contributed by atoms with van der Waals surface area (Å²) in [4.78, 5) is 18.4. The average molecular weight is 484 g/mol. The van der Waals surface area contributed by atoms with Gasteiger partial charge in [0.25, 0.3) is 0 Å². The van der Waals surface area contributed by atoms with Gasteiger partial charge in [-0.05, 0) is 32.6 Å². The molecule has 1 unspecified atom stereocenters. The monoisotopic (exact) mass is 484 g/mol. The zero-order valence-electron chi connectivity index (χ0n) is 16.8. The fraction of sp³-hybridized carbons (Fsp3) is 0.889. The summed E-state index contributed by atoms with van der Waals surface area (Å²) in [6.07, 6.45) is 4.68. The number of nitrogens with one attached hydrogen (secondary N) is 2. The van der Waals surface area contributed by atoms with Crippen molar-refractivity contribution in [3.05, 3.63) is 0 Å². The molecule has 0 saturated carbocycles. The van der Waals surface area contributed by atoms with Crippen molar-refractivity contribution >= 4 is 35.8 Å². The first-order chi connectivity index (χ1) is 12.1. The fourth-order valence-corrected chi connectivity index (χ4v) is 2.76. The van der Waals surface area contributed by atoms with Crippen molar-refractivity contribution in [2.75, 3.05) is 47.0 Å². The minimum atomic E-state index is 0. The highest BCUT2D eigenvalue weighted by atomic mass is 127. The van der Waals surface area contributed by atoms with E-state index in [9.17, 15) is 4.79 Å². The van der Waals surface area contributed by atoms with Gasteiger partial charge in [-0.1, -0.05) is 6.92 Å². The minimum absolute atomic E-state index is 0. The van der Waals surface area contributed by atoms with Crippen molar-refractivity contribution in [1.82, 2.24) is 15.5 Å². The Labute approximate surface area is 175 Å². The third kappa shape index (κ3) is 10.5. The van der Waals surface area contributed by atoms with Gasteiger partial charge in [-0.3, -0.25) is 9.79 Å². The van der Waals surface area contributed by atoms with Crippen LogP contribution in [0.1, 0.15) is 46.0 Å². The summed E-state index contributed by atoms with van der Waals surface area (Å²) in [6, 6.07) is 0.231. The maximum Gasteiger partial charge on any atom is 0.221 e. The maximum absolute atomic E-state index is 11.8. The number of hydrogen-bond acceptors (Lipinski definition) is 4. The molecule has 1 atom stereocenters. The zero-order valence-corrected chi connectivity index (χ0v) is 19.1. The molecule has 1 heterocycles. The Kier molecular flexibility index (Phi) is 15.1. The van der Waals surface area contributed by atoms with Gasteiger partial charge >= 0.3 is 0 Å². The highest BCUT2D eigenvalue weighted by molar-refractivity contribution is 14.0. The van der Waals surface area contributed by atoms with Crippen molar-refractivity contribution in [2.45, 2.75) is 58.1 Å². The van der Waals surface area contributed by atoms with Gasteiger partial charge in [-0.25, -0.2) is 0 Å². The largest absolute Gasteiger partial charge is 0.385 e. The zero-order chi connectivity index (χ0) is 18.5. The second-order valence-electron chi connectivity index (χ2n) is 6.50. The van der Waals surface area contributed by atoms with E-state index >= 15 is 0 Å². The quantitative estimate of drug-likeness (QED) is 0.215. The third-order valence-electron chi connectivity index (χ3n) is 4.45. The molecule has 0 aromatic carbocycles. The molecule has 0 aromatic rings. The Hall–Kier alpha value is -0.610. The summed E-state index contributed by atoms with van der Waals surface area (Å²) in [5.41, 5.74) is 0. The van der Waals surface area contributed by atoms with Crippen LogP contribution in [0.5, 0.6) is 0 Å². The molecule has 0 bridgehead atoms. The van der Waals surface area contributed by atoms with Crippen LogP contribution in [0.3, 0.4) is 0 Å². The molecule has 0 aromatic heterocycles. The number of amides is 1. The normalized spacial score (nSPS) is 16.8. The van der Waals surface area contributed by atoms with Gasteiger partial charge in [-0.2, -0.15) is 0 Å². The number of carbonyl (C=O) groups is 1. The molecule has 0 radical (unpaired) electrons. The lowest BCUT2D eigenvalue weighted by Gasteiger charge is -2.34. The topological polar surface area (TPSA) is 75.2 Å². The van der Waals surface area contributed by atoms with Crippen molar-refractivity contribution in [3.63, 3.8) is 0 Å². The first-order valence-corrected chi connectivity index (χ1v) is 9.46. The molecule has 1 fully saturated rings. The van der Waals surface area contributed by atoms with Gasteiger partial charge in [0, 0.05) is 59.5 Å². The number of guanidine groups is 1. The summed E-state index contributed by atoms with van der Waals surface area (Å²) in [6.45, 7) is 8.04. The number of nitrogens with zero attached hydrogens (tertiary/aromatic N) is 2. The van der Waals surface area contributed by atoms with Crippen LogP contribution in [-0.4, -0.2) is 75.9 Å². The van der Waals surface area contributed by atoms with Crippen molar-refractivity contribution in [1.29, 1.82) is 0 Å². The van der Waals surface area contributed by atoms with Gasteiger partial charge < -0.3 is 25.0 Å². The SMILES string of the molecule is CCC(C)NC(=O)CCNC(=NC)N1CCC(OCCCOC)CC1.I. The van der Waals surface area contributed by atoms with Gasteiger partial charge in [0.05, 0.1) is 6.10 Å². The number of aliphatic imine (C=N–C) groups is 1. The predicted molar refractivity (Wildman–Crippen MR) is 116 cm³/mol. The Morgan fingerprint density at radius 3 is 2.58 bits per heavy atom. The highest BCUT2D eigenvalue weighted by Crippen LogP contribution is 2.14. The average Bonchev–Trinajstić information content (AvgIpc) is 2.63. The molecule has 1 amide bonds. The van der Waals surface area contributed by atoms with Crippen molar-refractivity contribution in [2.24, 2.45) is 4.99 Å². The number of methoxy groups -OCH3 is 1. The summed E-state index contributed by atoms with van der Waals surface area (Å²) in [7, 11) is 3.50. The number of ether oxygens (including phenoxy) is 2. The van der Waals surface area contributed by atoms with Crippen LogP contribution in [0, 0.1) is 0 Å². The molecule has 26 heavy (non-hydrogen) atoms. The first kappa shape index (κ1) is 25.4. The lowest BCUT2D eigenvalue weighted by molar-refractivity contribution is -0.121. The number of halogens is 1. The van der Waals surface area contributed by atoms with Crippen molar-refractivity contribution in [3.8, 4) is 0 Å². The van der Waals surface area contributed by atoms with E-state index in [0.29, 0.717) is 19.1 Å². The van der Waals surface area contributed by atoms with Gasteiger partial charge in [-0.15, -0.1) is 24.0 Å². The molecular weight excluding hydrogens is 447 g/mol. The van der Waals surface area contributed by atoms with Crippen LogP contribution in [-0.2, 0) is 14.3 Å². The van der Waals surface area contributed by atoms with E-state index in [1.54, 1.807) is 14.2 Å². The van der Waals surface area contributed by atoms with E-state index in [0.717, 1.165) is 57.9 Å². The second kappa shape index (κ2) is 15.4. The van der Waals surface area contributed by atoms with E-state index in [2.05, 4.69) is 27.4 Å². The van der Waals surface area contributed by atoms with Crippen molar-refractivity contribution < 1.29 is 14.3 Å². The molecule has 1 aliphatic rings. The summed E-state index contributed by atoms with van der Waals surface area (Å²) in [5.74, 6) is 0.953. The highest BCUT2D eigenvalue weighted by Gasteiger charge is 2.21. The standard InChI is InChI=1S/C18H36N4O3.HI/c1-5-15(2)21-17(23)7-10-20-18(19-3)22-11-8-16(9-12-22)25-14-6-13-24-4;/h15-16H,5-14H2,1-4H3,(H,19,20)(H,21,23);1H. The molecule has 7 nitrogen and oxygen atoms in total. The molecular formula is C18H37IN4O3. The smallest absolute Gasteiger partial charge is 0.221 e. The van der Waals surface area contributed by atoms with Gasteiger partial charge in [0.2, 0.25) is 5.91 Å². The van der Waals surface area contributed by atoms with Crippen LogP contribution in [0.25, 0.3) is 0 Å². The molecule has 0 aliphatic carbocycles. The summed E-state index contributed by atoms with van der Waals surface area (Å²) in [5, 5.41) is 6.27. The molecule has 0 spiro atoms. The third-order valence-corrected chi connectivity index (χ3v) is 4.45.